The van der Waals surface area contributed by atoms with Crippen LogP contribution >= 0.6 is 34.8 Å². The lowest BCUT2D eigenvalue weighted by Gasteiger charge is -2.11. The molecule has 1 heterocycles. The molecule has 0 aliphatic rings. The summed E-state index contributed by atoms with van der Waals surface area (Å²) in [5.74, 6) is 0. The van der Waals surface area contributed by atoms with Gasteiger partial charge in [-0.05, 0) is 18.2 Å². The van der Waals surface area contributed by atoms with Gasteiger partial charge in [0.05, 0.1) is 26.3 Å². The van der Waals surface area contributed by atoms with Crippen molar-refractivity contribution in [1.82, 2.24) is 4.98 Å². The van der Waals surface area contributed by atoms with E-state index in [0.29, 0.717) is 6.20 Å². The van der Waals surface area contributed by atoms with Crippen LogP contribution in [0.15, 0.2) is 24.4 Å². The molecule has 0 saturated heterocycles. The Bertz CT molecular complexity index is 717. The van der Waals surface area contributed by atoms with Gasteiger partial charge < -0.3 is 0 Å². The average molecular weight is 355 g/mol. The third kappa shape index (κ3) is 3.31. The van der Waals surface area contributed by atoms with E-state index in [1.165, 1.54) is 12.1 Å². The van der Waals surface area contributed by atoms with Gasteiger partial charge >= 0.3 is 6.18 Å². The number of halogens is 6. The smallest absolute Gasteiger partial charge is 0.298 e. The Kier molecular flexibility index (Phi) is 4.46. The van der Waals surface area contributed by atoms with E-state index in [1.807, 2.05) is 0 Å². The largest absolute Gasteiger partial charge is 0.418 e. The van der Waals surface area contributed by atoms with Crippen LogP contribution in [-0.2, 0) is 6.18 Å². The van der Waals surface area contributed by atoms with Crippen molar-refractivity contribution in [3.8, 4) is 11.3 Å². The molecular weight excluding hydrogens is 350 g/mol. The Hall–Kier alpha value is -1.30. The van der Waals surface area contributed by atoms with Crippen molar-refractivity contribution in [2.45, 2.75) is 6.18 Å². The van der Waals surface area contributed by atoms with Crippen molar-refractivity contribution < 1.29 is 18.0 Å². The second kappa shape index (κ2) is 5.83. The summed E-state index contributed by atoms with van der Waals surface area (Å²) in [6, 6.07) is 3.72. The van der Waals surface area contributed by atoms with Gasteiger partial charge in [0, 0.05) is 17.3 Å². The summed E-state index contributed by atoms with van der Waals surface area (Å²) in [5, 5.41) is 0.534. The van der Waals surface area contributed by atoms with E-state index in [9.17, 15) is 18.0 Å². The number of benzene rings is 1. The number of aldehydes is 1. The molecule has 110 valence electrons. The van der Waals surface area contributed by atoms with Crippen molar-refractivity contribution in [1.29, 1.82) is 0 Å². The van der Waals surface area contributed by atoms with E-state index in [4.69, 9.17) is 34.8 Å². The molecule has 1 aromatic carbocycles. The fourth-order valence-corrected chi connectivity index (χ4v) is 2.32. The Morgan fingerprint density at radius 2 is 1.62 bits per heavy atom. The SMILES string of the molecule is O=Cc1cc(-c2cc(Cl)c(Cl)cc2Cl)ncc1C(F)(F)F. The first-order chi connectivity index (χ1) is 9.74. The molecule has 21 heavy (non-hydrogen) atoms. The first-order valence-corrected chi connectivity index (χ1v) is 6.54. The molecule has 0 atom stereocenters. The summed E-state index contributed by atoms with van der Waals surface area (Å²) in [5.41, 5.74) is -1.27. The number of hydrogen-bond donors (Lipinski definition) is 0. The van der Waals surface area contributed by atoms with Crippen LogP contribution < -0.4 is 0 Å². The highest BCUT2D eigenvalue weighted by atomic mass is 35.5. The molecular formula is C13H5Cl3F3NO. The maximum absolute atomic E-state index is 12.7. The number of nitrogens with zero attached hydrogens (tertiary/aromatic N) is 1. The molecule has 0 aliphatic heterocycles. The summed E-state index contributed by atoms with van der Waals surface area (Å²) < 4.78 is 38.1. The molecule has 0 radical (unpaired) electrons. The van der Waals surface area contributed by atoms with Crippen molar-refractivity contribution >= 4 is 41.1 Å². The average Bonchev–Trinajstić information content (AvgIpc) is 2.41. The van der Waals surface area contributed by atoms with Gasteiger partial charge in [-0.2, -0.15) is 13.2 Å². The zero-order valence-electron chi connectivity index (χ0n) is 10.0. The van der Waals surface area contributed by atoms with Gasteiger partial charge in [-0.3, -0.25) is 9.78 Å². The number of rotatable bonds is 2. The summed E-state index contributed by atoms with van der Waals surface area (Å²) in [6.45, 7) is 0. The lowest BCUT2D eigenvalue weighted by atomic mass is 10.1. The minimum absolute atomic E-state index is 0.0914. The minimum atomic E-state index is -4.66. The molecule has 0 aliphatic carbocycles. The van der Waals surface area contributed by atoms with Gasteiger partial charge in [-0.15, -0.1) is 0 Å². The fourth-order valence-electron chi connectivity index (χ4n) is 1.67. The van der Waals surface area contributed by atoms with Crippen molar-refractivity contribution in [3.05, 3.63) is 50.6 Å². The van der Waals surface area contributed by atoms with Crippen LogP contribution in [0.1, 0.15) is 15.9 Å². The third-order valence-electron chi connectivity index (χ3n) is 2.65. The van der Waals surface area contributed by atoms with Crippen molar-refractivity contribution in [3.63, 3.8) is 0 Å². The third-order valence-corrected chi connectivity index (χ3v) is 3.69. The van der Waals surface area contributed by atoms with E-state index >= 15 is 0 Å². The van der Waals surface area contributed by atoms with Crippen LogP contribution in [-0.4, -0.2) is 11.3 Å². The lowest BCUT2D eigenvalue weighted by Crippen LogP contribution is -2.10. The van der Waals surface area contributed by atoms with Crippen LogP contribution in [0.2, 0.25) is 15.1 Å². The summed E-state index contributed by atoms with van der Waals surface area (Å²) in [4.78, 5) is 14.5. The van der Waals surface area contributed by atoms with Gasteiger partial charge in [0.15, 0.2) is 6.29 Å². The number of hydrogen-bond acceptors (Lipinski definition) is 2. The fraction of sp³-hybridized carbons (Fsp3) is 0.0769. The number of pyridine rings is 1. The van der Waals surface area contributed by atoms with E-state index < -0.39 is 17.3 Å². The maximum atomic E-state index is 12.7. The summed E-state index contributed by atoms with van der Waals surface area (Å²) in [7, 11) is 0. The van der Waals surface area contributed by atoms with Crippen LogP contribution in [0.25, 0.3) is 11.3 Å². The number of alkyl halides is 3. The van der Waals surface area contributed by atoms with Gasteiger partial charge in [-0.25, -0.2) is 0 Å². The van der Waals surface area contributed by atoms with Gasteiger partial charge in [0.2, 0.25) is 0 Å². The molecule has 1 aromatic heterocycles. The van der Waals surface area contributed by atoms with E-state index in [1.54, 1.807) is 0 Å². The van der Waals surface area contributed by atoms with Crippen LogP contribution in [0.5, 0.6) is 0 Å². The zero-order valence-corrected chi connectivity index (χ0v) is 12.3. The highest BCUT2D eigenvalue weighted by molar-refractivity contribution is 6.44. The van der Waals surface area contributed by atoms with Crippen LogP contribution in [0.3, 0.4) is 0 Å². The van der Waals surface area contributed by atoms with Crippen molar-refractivity contribution in [2.24, 2.45) is 0 Å². The lowest BCUT2D eigenvalue weighted by molar-refractivity contribution is -0.138. The molecule has 0 amide bonds. The second-order valence-electron chi connectivity index (χ2n) is 4.02. The van der Waals surface area contributed by atoms with E-state index in [-0.39, 0.29) is 32.6 Å². The van der Waals surface area contributed by atoms with Crippen molar-refractivity contribution in [2.75, 3.05) is 0 Å². The predicted octanol–water partition coefficient (Wildman–Crippen LogP) is 5.54. The normalized spacial score (nSPS) is 11.5. The second-order valence-corrected chi connectivity index (χ2v) is 5.24. The quantitative estimate of drug-likeness (QED) is 0.523. The number of aromatic nitrogens is 1. The molecule has 0 unspecified atom stereocenters. The van der Waals surface area contributed by atoms with Gasteiger partial charge in [-0.1, -0.05) is 34.8 Å². The molecule has 8 heteroatoms. The Morgan fingerprint density at radius 3 is 2.19 bits per heavy atom. The monoisotopic (exact) mass is 353 g/mol. The molecule has 2 aromatic rings. The molecule has 2 rings (SSSR count). The Labute approximate surface area is 132 Å². The molecule has 0 fully saturated rings. The molecule has 0 bridgehead atoms. The Morgan fingerprint density at radius 1 is 1.00 bits per heavy atom. The molecule has 0 spiro atoms. The van der Waals surface area contributed by atoms with E-state index in [2.05, 4.69) is 4.98 Å². The van der Waals surface area contributed by atoms with Gasteiger partial charge in [0.25, 0.3) is 0 Å². The predicted molar refractivity (Wildman–Crippen MR) is 75.1 cm³/mol. The number of carbonyl (C=O) groups is 1. The van der Waals surface area contributed by atoms with Crippen LogP contribution in [0, 0.1) is 0 Å². The molecule has 2 nitrogen and oxygen atoms in total. The number of carbonyl (C=O) groups excluding carboxylic acids is 1. The summed E-state index contributed by atoms with van der Waals surface area (Å²) in [6.07, 6.45) is -3.97. The topological polar surface area (TPSA) is 30.0 Å². The molecule has 0 saturated carbocycles. The molecule has 0 N–H and O–H groups in total. The highest BCUT2D eigenvalue weighted by Crippen LogP contribution is 2.37. The first-order valence-electron chi connectivity index (χ1n) is 5.41. The van der Waals surface area contributed by atoms with Crippen LogP contribution in [0.4, 0.5) is 13.2 Å². The van der Waals surface area contributed by atoms with E-state index in [0.717, 1.165) is 6.07 Å². The first kappa shape index (κ1) is 16.1. The minimum Gasteiger partial charge on any atom is -0.298 e. The highest BCUT2D eigenvalue weighted by Gasteiger charge is 2.34. The standard InChI is InChI=1S/C13H5Cl3F3NO/c14-9-3-11(16)10(15)2-7(9)12-1-6(5-21)8(4-20-12)13(17,18)19/h1-5H. The van der Waals surface area contributed by atoms with Gasteiger partial charge in [0.1, 0.15) is 0 Å². The summed E-state index contributed by atoms with van der Waals surface area (Å²) >= 11 is 17.6. The maximum Gasteiger partial charge on any atom is 0.418 e. The Balaban J connectivity index is 2.62. The zero-order chi connectivity index (χ0) is 15.8.